The van der Waals surface area contributed by atoms with Gasteiger partial charge in [-0.25, -0.2) is 0 Å². The predicted octanol–water partition coefficient (Wildman–Crippen LogP) is -1.47. The van der Waals surface area contributed by atoms with Gasteiger partial charge in [0.05, 0.1) is 0 Å². The zero-order chi connectivity index (χ0) is 13.9. The number of ether oxygens (including phenoxy) is 4. The number of carbonyl (C=O) groups excluding carboxylic acids is 2. The Morgan fingerprint density at radius 2 is 1.94 bits per heavy atom. The highest BCUT2D eigenvalue weighted by Gasteiger charge is 2.57. The first-order chi connectivity index (χ1) is 8.30. The lowest BCUT2D eigenvalue weighted by atomic mass is 10.1. The van der Waals surface area contributed by atoms with Crippen LogP contribution in [0.15, 0.2) is 0 Å². The first-order valence-corrected chi connectivity index (χ1v) is 5.24. The molecule has 104 valence electrons. The highest BCUT2D eigenvalue weighted by molar-refractivity contribution is 5.66. The number of rotatable bonds is 4. The molecule has 1 heterocycles. The Hall–Kier alpha value is -1.22. The Kier molecular flexibility index (Phi) is 4.63. The van der Waals surface area contributed by atoms with Crippen LogP contribution in [0, 0.1) is 0 Å². The van der Waals surface area contributed by atoms with Crippen molar-refractivity contribution < 1.29 is 38.7 Å². The predicted molar refractivity (Wildman–Crippen MR) is 55.0 cm³/mol. The molecule has 1 saturated heterocycles. The van der Waals surface area contributed by atoms with E-state index in [0.717, 1.165) is 14.0 Å². The van der Waals surface area contributed by atoms with Gasteiger partial charge in [0.2, 0.25) is 0 Å². The summed E-state index contributed by atoms with van der Waals surface area (Å²) in [4.78, 5) is 21.6. The minimum absolute atomic E-state index is 0.282. The Morgan fingerprint density at radius 1 is 1.33 bits per heavy atom. The van der Waals surface area contributed by atoms with E-state index in [9.17, 15) is 19.8 Å². The maximum atomic E-state index is 10.9. The summed E-state index contributed by atoms with van der Waals surface area (Å²) in [5.74, 6) is -3.54. The summed E-state index contributed by atoms with van der Waals surface area (Å²) in [5.41, 5.74) is 0. The summed E-state index contributed by atoms with van der Waals surface area (Å²) in [6, 6.07) is 0. The van der Waals surface area contributed by atoms with E-state index in [1.165, 1.54) is 6.92 Å². The van der Waals surface area contributed by atoms with Crippen LogP contribution in [0.3, 0.4) is 0 Å². The molecule has 18 heavy (non-hydrogen) atoms. The molecule has 4 atom stereocenters. The van der Waals surface area contributed by atoms with E-state index in [-0.39, 0.29) is 6.61 Å². The number of esters is 2. The number of carbonyl (C=O) groups is 2. The Morgan fingerprint density at radius 3 is 2.39 bits per heavy atom. The van der Waals surface area contributed by atoms with Gasteiger partial charge >= 0.3 is 17.9 Å². The van der Waals surface area contributed by atoms with E-state index in [2.05, 4.69) is 4.74 Å². The SMILES string of the molecule is COC1(O)O[C@H](COC(C)=O)[C@@H](OC(C)=O)[C@H]1O. The molecule has 0 bridgehead atoms. The summed E-state index contributed by atoms with van der Waals surface area (Å²) in [6.07, 6.45) is -3.81. The number of aliphatic hydroxyl groups excluding tert-OH is 1. The Labute approximate surface area is 103 Å². The van der Waals surface area contributed by atoms with Crippen molar-refractivity contribution in [2.45, 2.75) is 38.1 Å². The van der Waals surface area contributed by atoms with Crippen LogP contribution in [-0.2, 0) is 28.5 Å². The topological polar surface area (TPSA) is 112 Å². The molecule has 2 N–H and O–H groups in total. The second-order valence-corrected chi connectivity index (χ2v) is 3.81. The van der Waals surface area contributed by atoms with Crippen molar-refractivity contribution in [2.75, 3.05) is 13.7 Å². The molecule has 8 heteroatoms. The molecule has 1 aliphatic heterocycles. The van der Waals surface area contributed by atoms with Crippen molar-refractivity contribution >= 4 is 11.9 Å². The zero-order valence-electron chi connectivity index (χ0n) is 10.3. The van der Waals surface area contributed by atoms with Crippen molar-refractivity contribution in [1.29, 1.82) is 0 Å². The average Bonchev–Trinajstić information content (AvgIpc) is 2.51. The molecule has 0 aliphatic carbocycles. The van der Waals surface area contributed by atoms with Crippen LogP contribution in [0.4, 0.5) is 0 Å². The first kappa shape index (κ1) is 14.8. The highest BCUT2D eigenvalue weighted by atomic mass is 16.8. The van der Waals surface area contributed by atoms with Gasteiger partial charge in [0.25, 0.3) is 0 Å². The van der Waals surface area contributed by atoms with Crippen molar-refractivity contribution in [1.82, 2.24) is 0 Å². The van der Waals surface area contributed by atoms with Gasteiger partial charge in [0.1, 0.15) is 12.7 Å². The van der Waals surface area contributed by atoms with E-state index in [0.29, 0.717) is 0 Å². The fraction of sp³-hybridized carbons (Fsp3) is 0.800. The standard InChI is InChI=1S/C10H16O8/c1-5(11)16-4-7-8(17-6(2)12)9(13)10(14,15-3)18-7/h7-9,13-14H,4H2,1-3H3/t7-,8-,9-,10?/m1/s1. The van der Waals surface area contributed by atoms with Crippen molar-refractivity contribution in [3.63, 3.8) is 0 Å². The van der Waals surface area contributed by atoms with Crippen LogP contribution < -0.4 is 0 Å². The maximum Gasteiger partial charge on any atom is 0.312 e. The Balaban J connectivity index is 2.78. The van der Waals surface area contributed by atoms with Gasteiger partial charge in [-0.1, -0.05) is 0 Å². The molecule has 0 saturated carbocycles. The summed E-state index contributed by atoms with van der Waals surface area (Å²) < 4.78 is 19.1. The van der Waals surface area contributed by atoms with Gasteiger partial charge in [-0.3, -0.25) is 9.59 Å². The van der Waals surface area contributed by atoms with Crippen LogP contribution in [-0.4, -0.2) is 60.2 Å². The molecular weight excluding hydrogens is 248 g/mol. The smallest absolute Gasteiger partial charge is 0.312 e. The van der Waals surface area contributed by atoms with Gasteiger partial charge in [0.15, 0.2) is 12.2 Å². The van der Waals surface area contributed by atoms with Crippen LogP contribution in [0.1, 0.15) is 13.8 Å². The number of aliphatic hydroxyl groups is 2. The third-order valence-electron chi connectivity index (χ3n) is 2.42. The minimum atomic E-state index is -2.30. The number of hydrogen-bond acceptors (Lipinski definition) is 8. The molecule has 1 unspecified atom stereocenters. The summed E-state index contributed by atoms with van der Waals surface area (Å²) in [7, 11) is 1.11. The molecule has 0 spiro atoms. The maximum absolute atomic E-state index is 10.9. The van der Waals surface area contributed by atoms with E-state index in [4.69, 9.17) is 14.2 Å². The third kappa shape index (κ3) is 3.16. The normalized spacial score (nSPS) is 35.3. The quantitative estimate of drug-likeness (QED) is 0.468. The lowest BCUT2D eigenvalue weighted by Gasteiger charge is -2.23. The van der Waals surface area contributed by atoms with Gasteiger partial charge in [-0.2, -0.15) is 0 Å². The molecule has 0 radical (unpaired) electrons. The molecule has 1 aliphatic rings. The third-order valence-corrected chi connectivity index (χ3v) is 2.42. The molecule has 0 amide bonds. The lowest BCUT2D eigenvalue weighted by molar-refractivity contribution is -0.367. The molecule has 0 aromatic carbocycles. The largest absolute Gasteiger partial charge is 0.463 e. The summed E-state index contributed by atoms with van der Waals surface area (Å²) >= 11 is 0. The second kappa shape index (κ2) is 5.61. The summed E-state index contributed by atoms with van der Waals surface area (Å²) in [6.45, 7) is 2.05. The highest BCUT2D eigenvalue weighted by Crippen LogP contribution is 2.32. The Bertz CT molecular complexity index is 330. The number of methoxy groups -OCH3 is 1. The van der Waals surface area contributed by atoms with Crippen molar-refractivity contribution in [2.24, 2.45) is 0 Å². The van der Waals surface area contributed by atoms with Crippen LogP contribution in [0.5, 0.6) is 0 Å². The van der Waals surface area contributed by atoms with Crippen LogP contribution in [0.2, 0.25) is 0 Å². The fourth-order valence-electron chi connectivity index (χ4n) is 1.59. The number of hydrogen-bond donors (Lipinski definition) is 2. The van der Waals surface area contributed by atoms with Crippen molar-refractivity contribution in [3.8, 4) is 0 Å². The summed E-state index contributed by atoms with van der Waals surface area (Å²) in [5, 5.41) is 19.5. The average molecular weight is 264 g/mol. The molecule has 1 rings (SSSR count). The lowest BCUT2D eigenvalue weighted by Crippen LogP contribution is -2.45. The van der Waals surface area contributed by atoms with Gasteiger partial charge in [0, 0.05) is 21.0 Å². The monoisotopic (exact) mass is 264 g/mol. The van der Waals surface area contributed by atoms with Crippen LogP contribution in [0.25, 0.3) is 0 Å². The van der Waals surface area contributed by atoms with E-state index < -0.39 is 36.2 Å². The van der Waals surface area contributed by atoms with Gasteiger partial charge in [-0.05, 0) is 0 Å². The van der Waals surface area contributed by atoms with E-state index >= 15 is 0 Å². The van der Waals surface area contributed by atoms with Crippen molar-refractivity contribution in [3.05, 3.63) is 0 Å². The van der Waals surface area contributed by atoms with Gasteiger partial charge < -0.3 is 29.2 Å². The minimum Gasteiger partial charge on any atom is -0.463 e. The zero-order valence-corrected chi connectivity index (χ0v) is 10.3. The van der Waals surface area contributed by atoms with Crippen LogP contribution >= 0.6 is 0 Å². The van der Waals surface area contributed by atoms with E-state index in [1.54, 1.807) is 0 Å². The second-order valence-electron chi connectivity index (χ2n) is 3.81. The molecule has 0 aromatic rings. The molecular formula is C10H16O8. The van der Waals surface area contributed by atoms with E-state index in [1.807, 2.05) is 0 Å². The fourth-order valence-corrected chi connectivity index (χ4v) is 1.59. The van der Waals surface area contributed by atoms with Gasteiger partial charge in [-0.15, -0.1) is 0 Å². The molecule has 0 aromatic heterocycles. The molecule has 8 nitrogen and oxygen atoms in total. The molecule has 1 fully saturated rings. The first-order valence-electron chi connectivity index (χ1n) is 5.24.